The fraction of sp³-hybridized carbons (Fsp3) is 0.636. The lowest BCUT2D eigenvalue weighted by atomic mass is 9.73. The molecular weight excluding hydrogens is 384 g/mol. The van der Waals surface area contributed by atoms with E-state index >= 15 is 0 Å². The van der Waals surface area contributed by atoms with E-state index in [0.717, 1.165) is 25.7 Å². The Bertz CT molecular complexity index is 876. The van der Waals surface area contributed by atoms with Crippen LogP contribution < -0.4 is 5.32 Å². The van der Waals surface area contributed by atoms with Crippen molar-refractivity contribution in [1.29, 1.82) is 5.26 Å². The molecule has 30 heavy (non-hydrogen) atoms. The van der Waals surface area contributed by atoms with Crippen LogP contribution in [0.5, 0.6) is 0 Å². The van der Waals surface area contributed by atoms with Gasteiger partial charge in [-0.15, -0.1) is 0 Å². The minimum absolute atomic E-state index is 0.0396. The van der Waals surface area contributed by atoms with Crippen molar-refractivity contribution >= 4 is 11.8 Å². The number of amides is 2. The number of pyridine rings is 1. The van der Waals surface area contributed by atoms with E-state index < -0.39 is 0 Å². The van der Waals surface area contributed by atoms with Crippen LogP contribution in [0.4, 0.5) is 0 Å². The second kappa shape index (κ2) is 7.64. The van der Waals surface area contributed by atoms with E-state index in [-0.39, 0.29) is 41.3 Å². The first-order chi connectivity index (χ1) is 14.6. The molecule has 5 heterocycles. The minimum Gasteiger partial charge on any atom is -0.381 e. The number of carbonyl (C=O) groups is 2. The van der Waals surface area contributed by atoms with Gasteiger partial charge in [-0.25, -0.2) is 4.98 Å². The first kappa shape index (κ1) is 19.5. The molecule has 0 aromatic carbocycles. The Morgan fingerprint density at radius 1 is 1.30 bits per heavy atom. The topological polar surface area (TPSA) is 105 Å². The van der Waals surface area contributed by atoms with Gasteiger partial charge in [0.2, 0.25) is 5.91 Å². The molecule has 0 aliphatic carbocycles. The molecule has 1 aromatic rings. The third-order valence-electron chi connectivity index (χ3n) is 7.30. The number of hydrogen-bond acceptors (Lipinski definition) is 6. The summed E-state index contributed by atoms with van der Waals surface area (Å²) in [5, 5.41) is 12.1. The molecule has 2 amide bonds. The quantitative estimate of drug-likeness (QED) is 0.798. The summed E-state index contributed by atoms with van der Waals surface area (Å²) in [4.78, 5) is 31.4. The zero-order valence-electron chi connectivity index (χ0n) is 16.9. The highest BCUT2D eigenvalue weighted by molar-refractivity contribution is 5.94. The van der Waals surface area contributed by atoms with E-state index in [4.69, 9.17) is 14.7 Å². The number of aromatic nitrogens is 1. The molecule has 8 heteroatoms. The lowest BCUT2D eigenvalue weighted by molar-refractivity contribution is -0.128. The van der Waals surface area contributed by atoms with Gasteiger partial charge in [0.15, 0.2) is 0 Å². The Balaban J connectivity index is 1.24. The summed E-state index contributed by atoms with van der Waals surface area (Å²) in [6, 6.07) is 5.20. The van der Waals surface area contributed by atoms with Crippen molar-refractivity contribution < 1.29 is 19.1 Å². The number of nitrogens with zero attached hydrogens (tertiary/aromatic N) is 3. The maximum atomic E-state index is 13.0. The average molecular weight is 410 g/mol. The number of likely N-dealkylation sites (tertiary alicyclic amines) is 1. The molecule has 158 valence electrons. The van der Waals surface area contributed by atoms with E-state index in [2.05, 4.69) is 10.3 Å². The van der Waals surface area contributed by atoms with Gasteiger partial charge in [0, 0.05) is 50.3 Å². The number of ether oxygens (including phenoxy) is 2. The molecule has 4 atom stereocenters. The third kappa shape index (κ3) is 3.26. The molecule has 4 fully saturated rings. The molecular formula is C22H26N4O4. The van der Waals surface area contributed by atoms with Crippen molar-refractivity contribution in [2.75, 3.05) is 32.8 Å². The maximum absolute atomic E-state index is 13.0. The van der Waals surface area contributed by atoms with Gasteiger partial charge in [0.25, 0.3) is 5.91 Å². The zero-order chi connectivity index (χ0) is 20.7. The molecule has 8 nitrogen and oxygen atoms in total. The predicted octanol–water partition coefficient (Wildman–Crippen LogP) is 1.12. The Morgan fingerprint density at radius 2 is 2.13 bits per heavy atom. The fourth-order valence-electron chi connectivity index (χ4n) is 5.71. The number of nitrogens with one attached hydrogen (secondary N) is 1. The number of rotatable bonds is 4. The van der Waals surface area contributed by atoms with E-state index in [9.17, 15) is 9.59 Å². The van der Waals surface area contributed by atoms with Gasteiger partial charge in [-0.2, -0.15) is 5.26 Å². The van der Waals surface area contributed by atoms with E-state index in [1.165, 1.54) is 6.20 Å². The maximum Gasteiger partial charge on any atom is 0.255 e. The molecule has 0 radical (unpaired) electrons. The van der Waals surface area contributed by atoms with Crippen LogP contribution in [-0.4, -0.2) is 66.3 Å². The molecule has 1 N–H and O–H groups in total. The number of fused-ring (bicyclic) bond motifs is 1. The van der Waals surface area contributed by atoms with Gasteiger partial charge in [0.1, 0.15) is 11.8 Å². The molecule has 2 bridgehead atoms. The number of hydrogen-bond donors (Lipinski definition) is 1. The standard InChI is InChI=1S/C22H26N4O4/c23-9-16-2-1-15(10-24-16)21(28)26-12-18-17(19-3-6-22(18,13-26)30-19)11-25-20(27)14-4-7-29-8-5-14/h1-2,10,14,17-19H,3-8,11-13H2,(H,25,27)/t17-,18+,19+,22+/m0/s1. The lowest BCUT2D eigenvalue weighted by Gasteiger charge is -2.30. The Hall–Kier alpha value is -2.50. The van der Waals surface area contributed by atoms with Crippen LogP contribution >= 0.6 is 0 Å². The van der Waals surface area contributed by atoms with Gasteiger partial charge in [-0.3, -0.25) is 9.59 Å². The second-order valence-electron chi connectivity index (χ2n) is 8.89. The van der Waals surface area contributed by atoms with Crippen molar-refractivity contribution in [3.63, 3.8) is 0 Å². The summed E-state index contributed by atoms with van der Waals surface area (Å²) < 4.78 is 11.8. The molecule has 1 spiro atoms. The highest BCUT2D eigenvalue weighted by atomic mass is 16.5. The van der Waals surface area contributed by atoms with Crippen LogP contribution in [-0.2, 0) is 14.3 Å². The molecule has 4 aliphatic heterocycles. The Labute approximate surface area is 175 Å². The summed E-state index contributed by atoms with van der Waals surface area (Å²) in [5.74, 6) is 0.552. The predicted molar refractivity (Wildman–Crippen MR) is 105 cm³/mol. The van der Waals surface area contributed by atoms with Gasteiger partial charge in [-0.1, -0.05) is 0 Å². The molecule has 1 aromatic heterocycles. The summed E-state index contributed by atoms with van der Waals surface area (Å²) in [6.07, 6.45) is 5.14. The molecule has 5 rings (SSSR count). The first-order valence-electron chi connectivity index (χ1n) is 10.8. The molecule has 4 aliphatic rings. The smallest absolute Gasteiger partial charge is 0.255 e. The van der Waals surface area contributed by atoms with Crippen LogP contribution in [0.25, 0.3) is 0 Å². The van der Waals surface area contributed by atoms with Crippen LogP contribution in [0.15, 0.2) is 18.3 Å². The van der Waals surface area contributed by atoms with Crippen molar-refractivity contribution in [2.24, 2.45) is 17.8 Å². The van der Waals surface area contributed by atoms with Crippen LogP contribution in [0.1, 0.15) is 41.7 Å². The zero-order valence-corrected chi connectivity index (χ0v) is 16.9. The normalized spacial score (nSPS) is 32.6. The second-order valence-corrected chi connectivity index (χ2v) is 8.89. The van der Waals surface area contributed by atoms with Gasteiger partial charge in [0.05, 0.1) is 23.8 Å². The minimum atomic E-state index is -0.283. The lowest BCUT2D eigenvalue weighted by Crippen LogP contribution is -2.43. The number of carbonyl (C=O) groups excluding carboxylic acids is 2. The van der Waals surface area contributed by atoms with E-state index in [0.29, 0.717) is 44.1 Å². The molecule has 4 saturated heterocycles. The monoisotopic (exact) mass is 410 g/mol. The summed E-state index contributed by atoms with van der Waals surface area (Å²) in [6.45, 7) is 3.12. The van der Waals surface area contributed by atoms with Crippen LogP contribution in [0.3, 0.4) is 0 Å². The fourth-order valence-corrected chi connectivity index (χ4v) is 5.71. The molecule has 0 saturated carbocycles. The van der Waals surface area contributed by atoms with Crippen molar-refractivity contribution in [3.05, 3.63) is 29.6 Å². The average Bonchev–Trinajstić information content (AvgIpc) is 3.46. The summed E-state index contributed by atoms with van der Waals surface area (Å²) in [7, 11) is 0. The molecule has 0 unspecified atom stereocenters. The van der Waals surface area contributed by atoms with Gasteiger partial charge >= 0.3 is 0 Å². The van der Waals surface area contributed by atoms with Crippen LogP contribution in [0, 0.1) is 29.1 Å². The van der Waals surface area contributed by atoms with Crippen molar-refractivity contribution in [1.82, 2.24) is 15.2 Å². The highest BCUT2D eigenvalue weighted by Crippen LogP contribution is 2.54. The van der Waals surface area contributed by atoms with E-state index in [1.807, 2.05) is 11.0 Å². The largest absolute Gasteiger partial charge is 0.381 e. The van der Waals surface area contributed by atoms with Crippen molar-refractivity contribution in [2.45, 2.75) is 37.4 Å². The first-order valence-corrected chi connectivity index (χ1v) is 10.8. The summed E-state index contributed by atoms with van der Waals surface area (Å²) in [5.41, 5.74) is 0.504. The van der Waals surface area contributed by atoms with E-state index in [1.54, 1.807) is 12.1 Å². The van der Waals surface area contributed by atoms with Gasteiger partial charge in [-0.05, 0) is 37.8 Å². The Morgan fingerprint density at radius 3 is 2.87 bits per heavy atom. The third-order valence-corrected chi connectivity index (χ3v) is 7.30. The summed E-state index contributed by atoms with van der Waals surface area (Å²) >= 11 is 0. The van der Waals surface area contributed by atoms with Gasteiger partial charge < -0.3 is 19.7 Å². The Kier molecular flexibility index (Phi) is 4.95. The number of nitriles is 1. The van der Waals surface area contributed by atoms with Crippen LogP contribution in [0.2, 0.25) is 0 Å². The SMILES string of the molecule is N#Cc1ccc(C(=O)N2C[C@@H]3[C@H](CNC(=O)C4CCOCC4)[C@H]4CC[C@]3(C2)O4)cn1. The highest BCUT2D eigenvalue weighted by Gasteiger charge is 2.63. The van der Waals surface area contributed by atoms with Crippen molar-refractivity contribution in [3.8, 4) is 6.07 Å².